The smallest absolute Gasteiger partial charge is 0.266 e. The van der Waals surface area contributed by atoms with E-state index >= 15 is 0 Å². The van der Waals surface area contributed by atoms with Gasteiger partial charge in [-0.3, -0.25) is 9.59 Å². The first-order valence-electron chi connectivity index (χ1n) is 9.92. The van der Waals surface area contributed by atoms with Crippen LogP contribution in [0.5, 0.6) is 5.75 Å². The van der Waals surface area contributed by atoms with Crippen LogP contribution in [0.4, 0.5) is 11.4 Å². The van der Waals surface area contributed by atoms with Gasteiger partial charge >= 0.3 is 0 Å². The number of nitriles is 1. The van der Waals surface area contributed by atoms with E-state index in [0.717, 1.165) is 5.56 Å². The predicted octanol–water partition coefficient (Wildman–Crippen LogP) is 6.52. The fourth-order valence-electron chi connectivity index (χ4n) is 2.82. The van der Waals surface area contributed by atoms with E-state index in [1.807, 2.05) is 25.1 Å². The molecule has 34 heavy (non-hydrogen) atoms. The zero-order valence-electron chi connectivity index (χ0n) is 17.9. The Balaban J connectivity index is 1.73. The van der Waals surface area contributed by atoms with Gasteiger partial charge in [-0.1, -0.05) is 52.5 Å². The van der Waals surface area contributed by atoms with Crippen molar-refractivity contribution in [2.24, 2.45) is 0 Å². The third kappa shape index (κ3) is 7.00. The fourth-order valence-corrected chi connectivity index (χ4v) is 3.30. The highest BCUT2D eigenvalue weighted by atomic mass is 35.5. The monoisotopic (exact) mass is 513 g/mol. The van der Waals surface area contributed by atoms with Crippen LogP contribution < -0.4 is 15.4 Å². The summed E-state index contributed by atoms with van der Waals surface area (Å²) in [6.45, 7) is 1.60. The summed E-state index contributed by atoms with van der Waals surface area (Å²) < 4.78 is 5.62. The molecule has 0 radical (unpaired) electrons. The number of anilines is 2. The van der Waals surface area contributed by atoms with Crippen molar-refractivity contribution < 1.29 is 14.3 Å². The maximum Gasteiger partial charge on any atom is 0.266 e. The SMILES string of the molecule is Cc1ccc(NC(=O)/C(C#N)=C\c2cc(Cl)ccc2OCC(=O)Nc2ccc(Cl)c(Cl)c2)cc1. The third-order valence-corrected chi connectivity index (χ3v) is 5.48. The molecule has 0 aliphatic rings. The average molecular weight is 515 g/mol. The Kier molecular flexibility index (Phi) is 8.55. The molecular weight excluding hydrogens is 497 g/mol. The molecule has 0 aromatic heterocycles. The first-order chi connectivity index (χ1) is 16.2. The lowest BCUT2D eigenvalue weighted by molar-refractivity contribution is -0.118. The summed E-state index contributed by atoms with van der Waals surface area (Å²) in [5, 5.41) is 15.9. The van der Waals surface area contributed by atoms with Crippen LogP contribution in [0.2, 0.25) is 15.1 Å². The lowest BCUT2D eigenvalue weighted by Crippen LogP contribution is -2.20. The van der Waals surface area contributed by atoms with Crippen LogP contribution in [0.1, 0.15) is 11.1 Å². The molecule has 2 N–H and O–H groups in total. The number of amides is 2. The lowest BCUT2D eigenvalue weighted by atomic mass is 10.1. The summed E-state index contributed by atoms with van der Waals surface area (Å²) in [7, 11) is 0. The maximum atomic E-state index is 12.6. The molecule has 0 heterocycles. The molecule has 0 fully saturated rings. The van der Waals surface area contributed by atoms with Crippen LogP contribution >= 0.6 is 34.8 Å². The molecule has 0 saturated heterocycles. The molecule has 6 nitrogen and oxygen atoms in total. The number of rotatable bonds is 7. The van der Waals surface area contributed by atoms with Crippen LogP contribution in [0.25, 0.3) is 6.08 Å². The molecule has 9 heteroatoms. The van der Waals surface area contributed by atoms with Gasteiger partial charge in [0.2, 0.25) is 0 Å². The van der Waals surface area contributed by atoms with Gasteiger partial charge in [0.05, 0.1) is 10.0 Å². The number of ether oxygens (including phenoxy) is 1. The Labute approximate surface area is 211 Å². The van der Waals surface area contributed by atoms with Crippen molar-refractivity contribution in [3.8, 4) is 11.8 Å². The molecule has 172 valence electrons. The van der Waals surface area contributed by atoms with E-state index in [-0.39, 0.29) is 17.9 Å². The molecule has 3 aromatic carbocycles. The lowest BCUT2D eigenvalue weighted by Gasteiger charge is -2.11. The van der Waals surface area contributed by atoms with E-state index in [4.69, 9.17) is 39.5 Å². The number of hydrogen-bond acceptors (Lipinski definition) is 4. The molecule has 3 aromatic rings. The van der Waals surface area contributed by atoms with Crippen molar-refractivity contribution in [1.29, 1.82) is 5.26 Å². The van der Waals surface area contributed by atoms with E-state index < -0.39 is 11.8 Å². The van der Waals surface area contributed by atoms with Crippen molar-refractivity contribution >= 4 is 64.1 Å². The zero-order valence-corrected chi connectivity index (χ0v) is 20.1. The van der Waals surface area contributed by atoms with E-state index in [2.05, 4.69) is 10.6 Å². The maximum absolute atomic E-state index is 12.6. The molecular formula is C25H18Cl3N3O3. The first kappa shape index (κ1) is 25.1. The van der Waals surface area contributed by atoms with E-state index in [9.17, 15) is 14.9 Å². The van der Waals surface area contributed by atoms with Crippen LogP contribution in [-0.2, 0) is 9.59 Å². The topological polar surface area (TPSA) is 91.2 Å². The Hall–Kier alpha value is -3.50. The molecule has 0 saturated carbocycles. The number of hydrogen-bond donors (Lipinski definition) is 2. The Morgan fingerprint density at radius 2 is 1.65 bits per heavy atom. The highest BCUT2D eigenvalue weighted by Gasteiger charge is 2.13. The van der Waals surface area contributed by atoms with Crippen molar-refractivity contribution in [2.75, 3.05) is 17.2 Å². The summed E-state index contributed by atoms with van der Waals surface area (Å²) in [6.07, 6.45) is 1.35. The second-order valence-electron chi connectivity index (χ2n) is 7.14. The minimum absolute atomic E-state index is 0.159. The Bertz CT molecular complexity index is 1300. The summed E-state index contributed by atoms with van der Waals surface area (Å²) in [4.78, 5) is 24.9. The van der Waals surface area contributed by atoms with Crippen LogP contribution in [0.3, 0.4) is 0 Å². The second-order valence-corrected chi connectivity index (χ2v) is 8.39. The molecule has 0 bridgehead atoms. The number of halogens is 3. The number of carbonyl (C=O) groups is 2. The molecule has 0 unspecified atom stereocenters. The standard InChI is InChI=1S/C25H18Cl3N3O3/c1-15-2-5-19(6-3-15)31-25(33)17(13-29)10-16-11-18(26)4-9-23(16)34-14-24(32)30-20-7-8-21(27)22(28)12-20/h2-12H,14H2,1H3,(H,30,32)(H,31,33)/b17-10-. The van der Waals surface area contributed by atoms with Gasteiger partial charge in [-0.25, -0.2) is 0 Å². The molecule has 0 atom stereocenters. The van der Waals surface area contributed by atoms with Gasteiger partial charge < -0.3 is 15.4 Å². The summed E-state index contributed by atoms with van der Waals surface area (Å²) in [5.41, 5.74) is 2.26. The minimum atomic E-state index is -0.588. The predicted molar refractivity (Wildman–Crippen MR) is 135 cm³/mol. The van der Waals surface area contributed by atoms with Crippen molar-refractivity contribution in [2.45, 2.75) is 6.92 Å². The van der Waals surface area contributed by atoms with Crippen molar-refractivity contribution in [3.05, 3.63) is 92.4 Å². The van der Waals surface area contributed by atoms with Gasteiger partial charge in [-0.05, 0) is 61.5 Å². The van der Waals surface area contributed by atoms with Gasteiger partial charge in [0.25, 0.3) is 11.8 Å². The Morgan fingerprint density at radius 1 is 0.941 bits per heavy atom. The van der Waals surface area contributed by atoms with Gasteiger partial charge in [-0.15, -0.1) is 0 Å². The normalized spacial score (nSPS) is 10.9. The van der Waals surface area contributed by atoms with Gasteiger partial charge in [0.15, 0.2) is 6.61 Å². The summed E-state index contributed by atoms with van der Waals surface area (Å²) >= 11 is 17.9. The van der Waals surface area contributed by atoms with Gasteiger partial charge in [-0.2, -0.15) is 5.26 Å². The molecule has 3 rings (SSSR count). The van der Waals surface area contributed by atoms with E-state index in [0.29, 0.717) is 32.0 Å². The summed E-state index contributed by atoms with van der Waals surface area (Å²) in [6, 6.07) is 18.4. The largest absolute Gasteiger partial charge is 0.483 e. The molecule has 0 aliphatic heterocycles. The molecule has 0 spiro atoms. The van der Waals surface area contributed by atoms with Gasteiger partial charge in [0.1, 0.15) is 17.4 Å². The third-order valence-electron chi connectivity index (χ3n) is 4.51. The zero-order chi connectivity index (χ0) is 24.7. The fraction of sp³-hybridized carbons (Fsp3) is 0.0800. The minimum Gasteiger partial charge on any atom is -0.483 e. The van der Waals surface area contributed by atoms with E-state index in [1.165, 1.54) is 18.2 Å². The number of aryl methyl sites for hydroxylation is 1. The Morgan fingerprint density at radius 3 is 2.32 bits per heavy atom. The second kappa shape index (κ2) is 11.6. The number of benzene rings is 3. The van der Waals surface area contributed by atoms with Crippen molar-refractivity contribution in [1.82, 2.24) is 0 Å². The highest BCUT2D eigenvalue weighted by molar-refractivity contribution is 6.42. The quantitative estimate of drug-likeness (QED) is 0.277. The van der Waals surface area contributed by atoms with Crippen LogP contribution in [0, 0.1) is 18.3 Å². The number of nitrogens with one attached hydrogen (secondary N) is 2. The summed E-state index contributed by atoms with van der Waals surface area (Å²) in [5.74, 6) is -0.764. The van der Waals surface area contributed by atoms with Crippen molar-refractivity contribution in [3.63, 3.8) is 0 Å². The molecule has 0 aliphatic carbocycles. The van der Waals surface area contributed by atoms with E-state index in [1.54, 1.807) is 36.4 Å². The average Bonchev–Trinajstić information content (AvgIpc) is 2.80. The number of carbonyl (C=O) groups excluding carboxylic acids is 2. The van der Waals surface area contributed by atoms with Crippen LogP contribution in [0.15, 0.2) is 66.2 Å². The molecule has 2 amide bonds. The van der Waals surface area contributed by atoms with Gasteiger partial charge in [0, 0.05) is 22.0 Å². The highest BCUT2D eigenvalue weighted by Crippen LogP contribution is 2.27. The first-order valence-corrected chi connectivity index (χ1v) is 11.1. The van der Waals surface area contributed by atoms with Crippen LogP contribution in [-0.4, -0.2) is 18.4 Å². The number of nitrogens with zero attached hydrogens (tertiary/aromatic N) is 1.